The van der Waals surface area contributed by atoms with Gasteiger partial charge < -0.3 is 14.6 Å². The number of aromatic nitrogens is 3. The normalized spacial score (nSPS) is 10.5. The number of alkyl halides is 1. The van der Waals surface area contributed by atoms with Gasteiger partial charge in [0.25, 0.3) is 5.91 Å². The fraction of sp³-hybridized carbons (Fsp3) is 0.222. The summed E-state index contributed by atoms with van der Waals surface area (Å²) in [6.07, 6.45) is 4.69. The van der Waals surface area contributed by atoms with Crippen LogP contribution in [0, 0.1) is 11.3 Å². The third kappa shape index (κ3) is 3.32. The third-order valence-electron chi connectivity index (χ3n) is 3.85. The van der Waals surface area contributed by atoms with Gasteiger partial charge in [0.2, 0.25) is 5.88 Å². The molecule has 3 aromatic heterocycles. The standard InChI is InChI=1S/C18H16FN5O2/c1-26-18-13(7-12(8-20)9-23-18)10-24-11-14(17(25)22-6-4-19)16-15(24)3-2-5-21-16/h2-3,5,7,9,11H,4,6,10H2,1H3,(H,22,25). The predicted molar refractivity (Wildman–Crippen MR) is 92.6 cm³/mol. The number of pyridine rings is 2. The molecule has 0 aromatic carbocycles. The molecule has 0 radical (unpaired) electrons. The Labute approximate surface area is 149 Å². The highest BCUT2D eigenvalue weighted by Crippen LogP contribution is 2.23. The first-order chi connectivity index (χ1) is 12.7. The van der Waals surface area contributed by atoms with E-state index in [9.17, 15) is 9.18 Å². The van der Waals surface area contributed by atoms with Crippen molar-refractivity contribution in [3.63, 3.8) is 0 Å². The summed E-state index contributed by atoms with van der Waals surface area (Å²) in [5.74, 6) is 0.0131. The van der Waals surface area contributed by atoms with Gasteiger partial charge in [-0.05, 0) is 18.2 Å². The first kappa shape index (κ1) is 17.4. The van der Waals surface area contributed by atoms with Crippen LogP contribution >= 0.6 is 0 Å². The van der Waals surface area contributed by atoms with Gasteiger partial charge in [0.1, 0.15) is 18.3 Å². The van der Waals surface area contributed by atoms with Crippen molar-refractivity contribution >= 4 is 16.9 Å². The maximum absolute atomic E-state index is 12.3. The van der Waals surface area contributed by atoms with Gasteiger partial charge in [-0.1, -0.05) is 0 Å². The molecule has 0 saturated carbocycles. The van der Waals surface area contributed by atoms with E-state index in [0.717, 1.165) is 5.52 Å². The second-order valence-corrected chi connectivity index (χ2v) is 5.49. The number of rotatable bonds is 6. The smallest absolute Gasteiger partial charge is 0.255 e. The molecule has 8 heteroatoms. The number of carbonyl (C=O) groups excluding carboxylic acids is 1. The zero-order valence-electron chi connectivity index (χ0n) is 14.1. The molecule has 0 saturated heterocycles. The number of ether oxygens (including phenoxy) is 1. The summed E-state index contributed by atoms with van der Waals surface area (Å²) in [6.45, 7) is -0.355. The van der Waals surface area contributed by atoms with E-state index in [1.807, 2.05) is 16.7 Å². The van der Waals surface area contributed by atoms with E-state index < -0.39 is 6.67 Å². The molecule has 3 rings (SSSR count). The summed E-state index contributed by atoms with van der Waals surface area (Å²) >= 11 is 0. The zero-order chi connectivity index (χ0) is 18.5. The second kappa shape index (κ2) is 7.61. The van der Waals surface area contributed by atoms with Crippen molar-refractivity contribution in [2.45, 2.75) is 6.54 Å². The van der Waals surface area contributed by atoms with Crippen LogP contribution in [0.2, 0.25) is 0 Å². The number of amides is 1. The molecule has 3 aromatic rings. The highest BCUT2D eigenvalue weighted by molar-refractivity contribution is 6.05. The van der Waals surface area contributed by atoms with E-state index >= 15 is 0 Å². The van der Waals surface area contributed by atoms with Gasteiger partial charge in [-0.15, -0.1) is 0 Å². The molecule has 0 aliphatic heterocycles. The largest absolute Gasteiger partial charge is 0.481 e. The highest BCUT2D eigenvalue weighted by atomic mass is 19.1. The van der Waals surface area contributed by atoms with Crippen LogP contribution < -0.4 is 10.1 Å². The summed E-state index contributed by atoms with van der Waals surface area (Å²) in [7, 11) is 1.50. The van der Waals surface area contributed by atoms with Crippen LogP contribution in [0.5, 0.6) is 5.88 Å². The van der Waals surface area contributed by atoms with Crippen LogP contribution in [0.15, 0.2) is 36.8 Å². The van der Waals surface area contributed by atoms with Crippen molar-refractivity contribution in [3.05, 3.63) is 53.5 Å². The SMILES string of the molecule is COc1ncc(C#N)cc1Cn1cc(C(=O)NCCF)c2ncccc21. The third-order valence-corrected chi connectivity index (χ3v) is 3.85. The first-order valence-electron chi connectivity index (χ1n) is 7.89. The monoisotopic (exact) mass is 353 g/mol. The van der Waals surface area contributed by atoms with Gasteiger partial charge in [0.15, 0.2) is 0 Å². The van der Waals surface area contributed by atoms with E-state index in [2.05, 4.69) is 15.3 Å². The van der Waals surface area contributed by atoms with Crippen LogP contribution in [0.3, 0.4) is 0 Å². The molecule has 0 unspecified atom stereocenters. The number of hydrogen-bond donors (Lipinski definition) is 1. The Morgan fingerprint density at radius 1 is 1.46 bits per heavy atom. The summed E-state index contributed by atoms with van der Waals surface area (Å²) in [5.41, 5.74) is 2.73. The van der Waals surface area contributed by atoms with Gasteiger partial charge in [-0.2, -0.15) is 5.26 Å². The van der Waals surface area contributed by atoms with Gasteiger partial charge in [0, 0.05) is 30.7 Å². The van der Waals surface area contributed by atoms with Gasteiger partial charge in [-0.3, -0.25) is 9.78 Å². The fourth-order valence-electron chi connectivity index (χ4n) is 2.72. The van der Waals surface area contributed by atoms with E-state index in [0.29, 0.717) is 34.6 Å². The Bertz CT molecular complexity index is 993. The molecule has 0 aliphatic rings. The number of nitrogens with one attached hydrogen (secondary N) is 1. The van der Waals surface area contributed by atoms with Gasteiger partial charge in [-0.25, -0.2) is 9.37 Å². The molecule has 0 spiro atoms. The van der Waals surface area contributed by atoms with Crippen molar-refractivity contribution in [2.24, 2.45) is 0 Å². The van der Waals surface area contributed by atoms with E-state index in [4.69, 9.17) is 10.00 Å². The number of fused-ring (bicyclic) bond motifs is 1. The minimum atomic E-state index is -0.637. The first-order valence-corrected chi connectivity index (χ1v) is 7.89. The Balaban J connectivity index is 2.04. The van der Waals surface area contributed by atoms with Crippen molar-refractivity contribution in [2.75, 3.05) is 20.3 Å². The molecule has 0 atom stereocenters. The lowest BCUT2D eigenvalue weighted by molar-refractivity contribution is 0.0952. The molecule has 26 heavy (non-hydrogen) atoms. The topological polar surface area (TPSA) is 92.8 Å². The number of nitrogens with zero attached hydrogens (tertiary/aromatic N) is 4. The number of carbonyl (C=O) groups is 1. The molecule has 0 bridgehead atoms. The Morgan fingerprint density at radius 2 is 2.31 bits per heavy atom. The van der Waals surface area contributed by atoms with Gasteiger partial charge >= 0.3 is 0 Å². The quantitative estimate of drug-likeness (QED) is 0.732. The number of hydrogen-bond acceptors (Lipinski definition) is 5. The summed E-state index contributed by atoms with van der Waals surface area (Å²) in [4.78, 5) is 20.7. The van der Waals surface area contributed by atoms with Gasteiger partial charge in [0.05, 0.1) is 30.3 Å². The summed E-state index contributed by atoms with van der Waals surface area (Å²) in [6, 6.07) is 7.34. The number of halogens is 1. The Morgan fingerprint density at radius 3 is 3.04 bits per heavy atom. The van der Waals surface area contributed by atoms with Crippen LogP contribution in [0.4, 0.5) is 4.39 Å². The van der Waals surface area contributed by atoms with E-state index in [1.54, 1.807) is 24.5 Å². The average Bonchev–Trinajstić information content (AvgIpc) is 3.04. The van der Waals surface area contributed by atoms with Crippen LogP contribution in [-0.4, -0.2) is 40.8 Å². The highest BCUT2D eigenvalue weighted by Gasteiger charge is 2.17. The van der Waals surface area contributed by atoms with Crippen molar-refractivity contribution in [1.29, 1.82) is 5.26 Å². The summed E-state index contributed by atoms with van der Waals surface area (Å²) < 4.78 is 19.4. The molecule has 132 valence electrons. The predicted octanol–water partition coefficient (Wildman–Crippen LogP) is 2.06. The lowest BCUT2D eigenvalue weighted by Crippen LogP contribution is -2.25. The van der Waals surface area contributed by atoms with Crippen molar-refractivity contribution < 1.29 is 13.9 Å². The Kier molecular flexibility index (Phi) is 5.08. The molecule has 1 amide bonds. The van der Waals surface area contributed by atoms with Crippen LogP contribution in [0.1, 0.15) is 21.5 Å². The maximum Gasteiger partial charge on any atom is 0.255 e. The maximum atomic E-state index is 12.3. The van der Waals surface area contributed by atoms with E-state index in [-0.39, 0.29) is 12.5 Å². The van der Waals surface area contributed by atoms with Crippen LogP contribution in [-0.2, 0) is 6.54 Å². The molecular weight excluding hydrogens is 337 g/mol. The number of nitriles is 1. The minimum absolute atomic E-state index is 0.0553. The van der Waals surface area contributed by atoms with Crippen molar-refractivity contribution in [1.82, 2.24) is 19.9 Å². The molecule has 3 heterocycles. The fourth-order valence-corrected chi connectivity index (χ4v) is 2.72. The van der Waals surface area contributed by atoms with E-state index in [1.165, 1.54) is 13.3 Å². The lowest BCUT2D eigenvalue weighted by Gasteiger charge is -2.09. The molecule has 0 fully saturated rings. The Hall–Kier alpha value is -3.47. The van der Waals surface area contributed by atoms with Crippen molar-refractivity contribution in [3.8, 4) is 11.9 Å². The lowest BCUT2D eigenvalue weighted by atomic mass is 10.2. The summed E-state index contributed by atoms with van der Waals surface area (Å²) in [5, 5.41) is 11.6. The number of methoxy groups -OCH3 is 1. The second-order valence-electron chi connectivity index (χ2n) is 5.49. The molecule has 7 nitrogen and oxygen atoms in total. The van der Waals surface area contributed by atoms with Crippen LogP contribution in [0.25, 0.3) is 11.0 Å². The molecule has 0 aliphatic carbocycles. The zero-order valence-corrected chi connectivity index (χ0v) is 14.1. The molecule has 1 N–H and O–H groups in total. The average molecular weight is 353 g/mol. The molecular formula is C18H16FN5O2. The minimum Gasteiger partial charge on any atom is -0.481 e.